The molecule has 0 aliphatic carbocycles. The fourth-order valence-electron chi connectivity index (χ4n) is 2.80. The minimum Gasteiger partial charge on any atom is -0.457 e. The van der Waals surface area contributed by atoms with Crippen molar-refractivity contribution in [3.05, 3.63) is 77.4 Å². The van der Waals surface area contributed by atoms with E-state index in [1.807, 2.05) is 18.2 Å². The van der Waals surface area contributed by atoms with Gasteiger partial charge in [0.1, 0.15) is 17.3 Å². The Morgan fingerprint density at radius 1 is 1.00 bits per heavy atom. The third-order valence-electron chi connectivity index (χ3n) is 4.08. The number of carbonyl (C=O) groups excluding carboxylic acids is 1. The second kappa shape index (κ2) is 8.00. The Morgan fingerprint density at radius 2 is 1.70 bits per heavy atom. The van der Waals surface area contributed by atoms with Gasteiger partial charge in [-0.2, -0.15) is 0 Å². The molecule has 30 heavy (non-hydrogen) atoms. The molecule has 0 unspecified atom stereocenters. The molecule has 4 rings (SSSR count). The van der Waals surface area contributed by atoms with Crippen LogP contribution in [0.15, 0.2) is 76.1 Å². The maximum Gasteiger partial charge on any atom is 0.573 e. The highest BCUT2D eigenvalue weighted by Gasteiger charge is 2.33. The number of thiocarbonyl (C=S) groups is 1. The number of hydrogen-bond acceptors (Lipinski definition) is 5. The van der Waals surface area contributed by atoms with E-state index in [9.17, 15) is 18.0 Å². The third kappa shape index (κ3) is 4.42. The first kappa shape index (κ1) is 20.2. The molecule has 2 heterocycles. The molecule has 3 aromatic rings. The quantitative estimate of drug-likeness (QED) is 0.349. The van der Waals surface area contributed by atoms with E-state index in [-0.39, 0.29) is 11.7 Å². The molecule has 9 heteroatoms. The van der Waals surface area contributed by atoms with Crippen molar-refractivity contribution in [1.82, 2.24) is 0 Å². The molecule has 0 saturated carbocycles. The molecule has 2 aromatic carbocycles. The smallest absolute Gasteiger partial charge is 0.457 e. The first-order valence-corrected chi connectivity index (χ1v) is 9.82. The van der Waals surface area contributed by atoms with Crippen LogP contribution in [0, 0.1) is 0 Å². The van der Waals surface area contributed by atoms with Crippen LogP contribution in [0.2, 0.25) is 0 Å². The molecular formula is C21H12F3NO3S2. The molecular weight excluding hydrogens is 435 g/mol. The molecule has 0 spiro atoms. The van der Waals surface area contributed by atoms with Gasteiger partial charge < -0.3 is 9.15 Å². The van der Waals surface area contributed by atoms with E-state index >= 15 is 0 Å². The van der Waals surface area contributed by atoms with Gasteiger partial charge in [0.2, 0.25) is 0 Å². The van der Waals surface area contributed by atoms with Crippen LogP contribution in [0.1, 0.15) is 5.76 Å². The zero-order valence-electron chi connectivity index (χ0n) is 15.1. The molecule has 1 amide bonds. The van der Waals surface area contributed by atoms with Crippen LogP contribution in [-0.2, 0) is 4.79 Å². The summed E-state index contributed by atoms with van der Waals surface area (Å²) >= 11 is 6.50. The summed E-state index contributed by atoms with van der Waals surface area (Å²) in [5, 5.41) is 0. The molecule has 1 aromatic heterocycles. The molecule has 1 saturated heterocycles. The molecule has 152 valence electrons. The lowest BCUT2D eigenvalue weighted by atomic mass is 10.2. The second-order valence-electron chi connectivity index (χ2n) is 6.13. The summed E-state index contributed by atoms with van der Waals surface area (Å²) in [4.78, 5) is 14.6. The van der Waals surface area contributed by atoms with Crippen molar-refractivity contribution in [2.75, 3.05) is 4.90 Å². The lowest BCUT2D eigenvalue weighted by Gasteiger charge is -2.13. The highest BCUT2D eigenvalue weighted by Crippen LogP contribution is 2.36. The summed E-state index contributed by atoms with van der Waals surface area (Å²) < 4.78 is 46.8. The Labute approximate surface area is 178 Å². The number of rotatable bonds is 4. The van der Waals surface area contributed by atoms with E-state index in [2.05, 4.69) is 4.74 Å². The lowest BCUT2D eigenvalue weighted by Crippen LogP contribution is -2.27. The number of alkyl halides is 3. The number of amides is 1. The van der Waals surface area contributed by atoms with Gasteiger partial charge in [-0.15, -0.1) is 13.2 Å². The van der Waals surface area contributed by atoms with E-state index < -0.39 is 6.36 Å². The van der Waals surface area contributed by atoms with Gasteiger partial charge in [0, 0.05) is 11.6 Å². The van der Waals surface area contributed by atoms with Crippen molar-refractivity contribution in [3.63, 3.8) is 0 Å². The van der Waals surface area contributed by atoms with Crippen LogP contribution >= 0.6 is 24.0 Å². The molecule has 0 radical (unpaired) electrons. The Bertz CT molecular complexity index is 1120. The topological polar surface area (TPSA) is 42.7 Å². The first-order valence-electron chi connectivity index (χ1n) is 8.59. The number of anilines is 1. The standard InChI is InChI=1S/C21H12F3NO3S2/c22-21(23,24)28-15-8-6-13(7-9-15)17-11-10-16(27-17)12-18-19(26)25(20(29)30-18)14-4-2-1-3-5-14/h1-12H/b18-12+. The monoisotopic (exact) mass is 447 g/mol. The molecule has 1 fully saturated rings. The van der Waals surface area contributed by atoms with Crippen LogP contribution in [0.25, 0.3) is 17.4 Å². The molecule has 1 aliphatic heterocycles. The Kier molecular flexibility index (Phi) is 5.40. The summed E-state index contributed by atoms with van der Waals surface area (Å²) in [5.74, 6) is 0.304. The van der Waals surface area contributed by atoms with Crippen molar-refractivity contribution >= 4 is 46.0 Å². The lowest BCUT2D eigenvalue weighted by molar-refractivity contribution is -0.274. The average Bonchev–Trinajstić information content (AvgIpc) is 3.27. The number of para-hydroxylation sites is 1. The number of halogens is 3. The molecule has 4 nitrogen and oxygen atoms in total. The Morgan fingerprint density at radius 3 is 2.37 bits per heavy atom. The van der Waals surface area contributed by atoms with Crippen molar-refractivity contribution in [1.29, 1.82) is 0 Å². The molecule has 0 bridgehead atoms. The van der Waals surface area contributed by atoms with Gasteiger partial charge in [0.05, 0.1) is 10.6 Å². The average molecular weight is 447 g/mol. The zero-order chi connectivity index (χ0) is 21.3. The van der Waals surface area contributed by atoms with Crippen LogP contribution in [0.5, 0.6) is 5.75 Å². The zero-order valence-corrected chi connectivity index (χ0v) is 16.7. The predicted molar refractivity (Wildman–Crippen MR) is 113 cm³/mol. The van der Waals surface area contributed by atoms with E-state index in [1.54, 1.807) is 30.3 Å². The van der Waals surface area contributed by atoms with Gasteiger partial charge in [0.25, 0.3) is 5.91 Å². The van der Waals surface area contributed by atoms with Crippen molar-refractivity contribution in [2.24, 2.45) is 0 Å². The predicted octanol–water partition coefficient (Wildman–Crippen LogP) is 6.25. The number of furan rings is 1. The number of thioether (sulfide) groups is 1. The largest absolute Gasteiger partial charge is 0.573 e. The van der Waals surface area contributed by atoms with E-state index in [1.165, 1.54) is 40.9 Å². The first-order chi connectivity index (χ1) is 14.3. The number of nitrogens with zero attached hydrogens (tertiary/aromatic N) is 1. The van der Waals surface area contributed by atoms with Crippen LogP contribution < -0.4 is 9.64 Å². The molecule has 0 atom stereocenters. The van der Waals surface area contributed by atoms with Gasteiger partial charge in [-0.05, 0) is 48.5 Å². The van der Waals surface area contributed by atoms with Crippen molar-refractivity contribution in [3.8, 4) is 17.1 Å². The van der Waals surface area contributed by atoms with E-state index in [4.69, 9.17) is 16.6 Å². The van der Waals surface area contributed by atoms with E-state index in [0.717, 1.165) is 0 Å². The van der Waals surface area contributed by atoms with Gasteiger partial charge >= 0.3 is 6.36 Å². The fraction of sp³-hybridized carbons (Fsp3) is 0.0476. The number of carbonyl (C=O) groups is 1. The fourth-order valence-corrected chi connectivity index (χ4v) is 4.08. The summed E-state index contributed by atoms with van der Waals surface area (Å²) in [6, 6.07) is 17.7. The number of hydrogen-bond donors (Lipinski definition) is 0. The molecule has 0 N–H and O–H groups in total. The highest BCUT2D eigenvalue weighted by molar-refractivity contribution is 8.27. The number of benzene rings is 2. The SMILES string of the molecule is O=C1/C(=C\c2ccc(-c3ccc(OC(F)(F)F)cc3)o2)SC(=S)N1c1ccccc1. The Hall–Kier alpha value is -3.04. The maximum absolute atomic E-state index is 12.8. The minimum atomic E-state index is -4.74. The summed E-state index contributed by atoms with van der Waals surface area (Å²) in [6.45, 7) is 0. The summed E-state index contributed by atoms with van der Waals surface area (Å²) in [5.41, 5.74) is 1.26. The van der Waals surface area contributed by atoms with Crippen LogP contribution in [-0.4, -0.2) is 16.6 Å². The normalized spacial score (nSPS) is 15.8. The van der Waals surface area contributed by atoms with Crippen LogP contribution in [0.3, 0.4) is 0 Å². The highest BCUT2D eigenvalue weighted by atomic mass is 32.2. The molecule has 1 aliphatic rings. The summed E-state index contributed by atoms with van der Waals surface area (Å²) in [6.07, 6.45) is -3.15. The minimum absolute atomic E-state index is 0.247. The van der Waals surface area contributed by atoms with Gasteiger partial charge in [-0.3, -0.25) is 9.69 Å². The summed E-state index contributed by atoms with van der Waals surface area (Å²) in [7, 11) is 0. The Balaban J connectivity index is 1.53. The van der Waals surface area contributed by atoms with Crippen molar-refractivity contribution < 1.29 is 27.1 Å². The van der Waals surface area contributed by atoms with E-state index in [0.29, 0.717) is 32.0 Å². The maximum atomic E-state index is 12.8. The van der Waals surface area contributed by atoms with Crippen molar-refractivity contribution in [2.45, 2.75) is 6.36 Å². The van der Waals surface area contributed by atoms with Crippen LogP contribution in [0.4, 0.5) is 18.9 Å². The second-order valence-corrected chi connectivity index (χ2v) is 7.80. The third-order valence-corrected chi connectivity index (χ3v) is 5.38. The van der Waals surface area contributed by atoms with Gasteiger partial charge in [0.15, 0.2) is 4.32 Å². The van der Waals surface area contributed by atoms with Gasteiger partial charge in [-0.1, -0.05) is 42.2 Å². The number of ether oxygens (including phenoxy) is 1. The van der Waals surface area contributed by atoms with Gasteiger partial charge in [-0.25, -0.2) is 0 Å².